The standard InChI is InChI=1S/C11H23N3O/c1-8(2)14-11(15)9(3)13-7-10-5-4-6-12-10/h8-10,12-13H,4-7H2,1-3H3,(H,14,15). The molecule has 1 fully saturated rings. The summed E-state index contributed by atoms with van der Waals surface area (Å²) < 4.78 is 0. The molecule has 4 nitrogen and oxygen atoms in total. The number of hydrogen-bond donors (Lipinski definition) is 3. The summed E-state index contributed by atoms with van der Waals surface area (Å²) in [4.78, 5) is 11.6. The van der Waals surface area contributed by atoms with Gasteiger partial charge in [0.2, 0.25) is 5.91 Å². The van der Waals surface area contributed by atoms with Crippen LogP contribution in [-0.4, -0.2) is 37.1 Å². The Hall–Kier alpha value is -0.610. The maximum absolute atomic E-state index is 11.6. The zero-order valence-corrected chi connectivity index (χ0v) is 9.97. The average molecular weight is 213 g/mol. The quantitative estimate of drug-likeness (QED) is 0.613. The zero-order chi connectivity index (χ0) is 11.3. The normalized spacial score (nSPS) is 23.1. The Kier molecular flexibility index (Phi) is 5.05. The van der Waals surface area contributed by atoms with Crippen molar-refractivity contribution >= 4 is 5.91 Å². The molecule has 0 radical (unpaired) electrons. The van der Waals surface area contributed by atoms with Gasteiger partial charge in [-0.05, 0) is 40.2 Å². The van der Waals surface area contributed by atoms with Crippen molar-refractivity contribution in [2.24, 2.45) is 0 Å². The highest BCUT2D eigenvalue weighted by Gasteiger charge is 2.17. The molecule has 2 atom stereocenters. The first-order chi connectivity index (χ1) is 7.09. The summed E-state index contributed by atoms with van der Waals surface area (Å²) >= 11 is 0. The van der Waals surface area contributed by atoms with Gasteiger partial charge in [-0.3, -0.25) is 4.79 Å². The van der Waals surface area contributed by atoms with Gasteiger partial charge in [-0.15, -0.1) is 0 Å². The van der Waals surface area contributed by atoms with Crippen LogP contribution in [-0.2, 0) is 4.79 Å². The second-order valence-electron chi connectivity index (χ2n) is 4.59. The summed E-state index contributed by atoms with van der Waals surface area (Å²) in [6, 6.07) is 0.653. The molecule has 0 aliphatic carbocycles. The van der Waals surface area contributed by atoms with Gasteiger partial charge in [-0.1, -0.05) is 0 Å². The fourth-order valence-corrected chi connectivity index (χ4v) is 1.75. The third kappa shape index (κ3) is 4.62. The van der Waals surface area contributed by atoms with Crippen LogP contribution in [0.5, 0.6) is 0 Å². The number of rotatable bonds is 5. The first kappa shape index (κ1) is 12.5. The molecular weight excluding hydrogens is 190 g/mol. The number of amides is 1. The van der Waals surface area contributed by atoms with Gasteiger partial charge in [-0.2, -0.15) is 0 Å². The monoisotopic (exact) mass is 213 g/mol. The molecule has 1 aliphatic rings. The Labute approximate surface area is 92.2 Å². The minimum atomic E-state index is -0.102. The molecule has 0 spiro atoms. The highest BCUT2D eigenvalue weighted by molar-refractivity contribution is 5.81. The number of nitrogens with one attached hydrogen (secondary N) is 3. The van der Waals surface area contributed by atoms with E-state index in [1.54, 1.807) is 0 Å². The van der Waals surface area contributed by atoms with Gasteiger partial charge in [0.05, 0.1) is 6.04 Å². The van der Waals surface area contributed by atoms with Crippen molar-refractivity contribution in [2.45, 2.75) is 51.7 Å². The predicted octanol–water partition coefficient (Wildman–Crippen LogP) is 0.241. The van der Waals surface area contributed by atoms with Crippen molar-refractivity contribution < 1.29 is 4.79 Å². The molecule has 0 aromatic carbocycles. The number of hydrogen-bond acceptors (Lipinski definition) is 3. The van der Waals surface area contributed by atoms with Crippen LogP contribution in [0.4, 0.5) is 0 Å². The van der Waals surface area contributed by atoms with E-state index >= 15 is 0 Å². The zero-order valence-electron chi connectivity index (χ0n) is 9.97. The van der Waals surface area contributed by atoms with Gasteiger partial charge in [0.15, 0.2) is 0 Å². The molecule has 0 bridgehead atoms. The topological polar surface area (TPSA) is 53.2 Å². The van der Waals surface area contributed by atoms with E-state index in [1.165, 1.54) is 12.8 Å². The molecule has 0 aromatic heterocycles. The van der Waals surface area contributed by atoms with Gasteiger partial charge in [0.1, 0.15) is 0 Å². The van der Waals surface area contributed by atoms with Crippen LogP contribution in [0.1, 0.15) is 33.6 Å². The van der Waals surface area contributed by atoms with Crippen molar-refractivity contribution in [3.63, 3.8) is 0 Å². The van der Waals surface area contributed by atoms with Crippen molar-refractivity contribution in [3.05, 3.63) is 0 Å². The lowest BCUT2D eigenvalue weighted by Gasteiger charge is -2.18. The first-order valence-electron chi connectivity index (χ1n) is 5.86. The van der Waals surface area contributed by atoms with E-state index in [-0.39, 0.29) is 18.0 Å². The molecule has 88 valence electrons. The lowest BCUT2D eigenvalue weighted by Crippen LogP contribution is -2.47. The largest absolute Gasteiger partial charge is 0.353 e. The van der Waals surface area contributed by atoms with E-state index in [9.17, 15) is 4.79 Å². The SMILES string of the molecule is CC(C)NC(=O)C(C)NCC1CCCN1. The van der Waals surface area contributed by atoms with E-state index in [0.717, 1.165) is 13.1 Å². The smallest absolute Gasteiger partial charge is 0.237 e. The summed E-state index contributed by atoms with van der Waals surface area (Å²) in [5.74, 6) is 0.0861. The Balaban J connectivity index is 2.16. The molecule has 3 N–H and O–H groups in total. The molecule has 15 heavy (non-hydrogen) atoms. The molecule has 0 aromatic rings. The Bertz CT molecular complexity index is 200. The lowest BCUT2D eigenvalue weighted by atomic mass is 10.2. The average Bonchev–Trinajstić information content (AvgIpc) is 2.65. The van der Waals surface area contributed by atoms with Crippen molar-refractivity contribution in [2.75, 3.05) is 13.1 Å². The summed E-state index contributed by atoms with van der Waals surface area (Å²) in [6.45, 7) is 7.85. The fourth-order valence-electron chi connectivity index (χ4n) is 1.75. The van der Waals surface area contributed by atoms with Crippen LogP contribution in [0.3, 0.4) is 0 Å². The predicted molar refractivity (Wildman–Crippen MR) is 61.8 cm³/mol. The minimum absolute atomic E-state index is 0.0861. The summed E-state index contributed by atoms with van der Waals surface area (Å²) in [7, 11) is 0. The molecule has 1 saturated heterocycles. The molecule has 1 amide bonds. The highest BCUT2D eigenvalue weighted by Crippen LogP contribution is 2.03. The molecule has 1 rings (SSSR count). The maximum Gasteiger partial charge on any atom is 0.237 e. The fraction of sp³-hybridized carbons (Fsp3) is 0.909. The van der Waals surface area contributed by atoms with E-state index in [4.69, 9.17) is 0 Å². The van der Waals surface area contributed by atoms with Gasteiger partial charge in [0, 0.05) is 18.6 Å². The first-order valence-corrected chi connectivity index (χ1v) is 5.86. The molecular formula is C11H23N3O. The maximum atomic E-state index is 11.6. The van der Waals surface area contributed by atoms with Crippen LogP contribution in [0.15, 0.2) is 0 Å². The Morgan fingerprint density at radius 3 is 2.73 bits per heavy atom. The van der Waals surface area contributed by atoms with E-state index in [2.05, 4.69) is 16.0 Å². The second-order valence-corrected chi connectivity index (χ2v) is 4.59. The summed E-state index contributed by atoms with van der Waals surface area (Å²) in [5.41, 5.74) is 0. The van der Waals surface area contributed by atoms with Crippen molar-refractivity contribution in [1.82, 2.24) is 16.0 Å². The summed E-state index contributed by atoms with van der Waals surface area (Å²) in [5, 5.41) is 9.55. The van der Waals surface area contributed by atoms with Crippen LogP contribution in [0.2, 0.25) is 0 Å². The summed E-state index contributed by atoms with van der Waals surface area (Å²) in [6.07, 6.45) is 2.46. The van der Waals surface area contributed by atoms with Gasteiger partial charge in [-0.25, -0.2) is 0 Å². The van der Waals surface area contributed by atoms with Crippen molar-refractivity contribution in [1.29, 1.82) is 0 Å². The van der Waals surface area contributed by atoms with Crippen LogP contribution >= 0.6 is 0 Å². The third-order valence-corrected chi connectivity index (χ3v) is 2.66. The van der Waals surface area contributed by atoms with Gasteiger partial charge in [0.25, 0.3) is 0 Å². The molecule has 2 unspecified atom stereocenters. The second kappa shape index (κ2) is 6.08. The van der Waals surface area contributed by atoms with E-state index in [0.29, 0.717) is 6.04 Å². The molecule has 1 heterocycles. The Morgan fingerprint density at radius 1 is 1.47 bits per heavy atom. The molecule has 1 aliphatic heterocycles. The van der Waals surface area contributed by atoms with E-state index in [1.807, 2.05) is 20.8 Å². The highest BCUT2D eigenvalue weighted by atomic mass is 16.2. The van der Waals surface area contributed by atoms with Gasteiger partial charge < -0.3 is 16.0 Å². The van der Waals surface area contributed by atoms with Crippen LogP contribution in [0.25, 0.3) is 0 Å². The van der Waals surface area contributed by atoms with Gasteiger partial charge >= 0.3 is 0 Å². The minimum Gasteiger partial charge on any atom is -0.353 e. The Morgan fingerprint density at radius 2 is 2.20 bits per heavy atom. The number of carbonyl (C=O) groups excluding carboxylic acids is 1. The third-order valence-electron chi connectivity index (χ3n) is 2.66. The molecule has 0 saturated carbocycles. The van der Waals surface area contributed by atoms with Crippen molar-refractivity contribution in [3.8, 4) is 0 Å². The lowest BCUT2D eigenvalue weighted by molar-refractivity contribution is -0.123. The van der Waals surface area contributed by atoms with E-state index < -0.39 is 0 Å². The van der Waals surface area contributed by atoms with Crippen LogP contribution < -0.4 is 16.0 Å². The van der Waals surface area contributed by atoms with Crippen LogP contribution in [0, 0.1) is 0 Å². The number of carbonyl (C=O) groups is 1. The molecule has 4 heteroatoms.